The van der Waals surface area contributed by atoms with E-state index in [1.807, 2.05) is 55.7 Å². The average molecular weight is 533 g/mol. The number of hydrogen-bond donors (Lipinski definition) is 0. The van der Waals surface area contributed by atoms with Gasteiger partial charge in [-0.25, -0.2) is 4.57 Å². The van der Waals surface area contributed by atoms with Crippen molar-refractivity contribution in [2.75, 3.05) is 0 Å². The van der Waals surface area contributed by atoms with E-state index in [2.05, 4.69) is 86.9 Å². The van der Waals surface area contributed by atoms with Crippen molar-refractivity contribution in [3.8, 4) is 45.6 Å². The summed E-state index contributed by atoms with van der Waals surface area (Å²) in [5.41, 5.74) is 10.3. The molecule has 41 heavy (non-hydrogen) atoms. The fraction of sp³-hybridized carbons (Fsp3) is 0.162. The van der Waals surface area contributed by atoms with E-state index in [1.54, 1.807) is 0 Å². The number of nitrogens with zero attached hydrogens (tertiary/aromatic N) is 3. The molecule has 0 spiro atoms. The summed E-state index contributed by atoms with van der Waals surface area (Å²) in [6.07, 6.45) is 2.02. The largest absolute Gasteiger partial charge is 0.454 e. The van der Waals surface area contributed by atoms with Crippen LogP contribution in [0.4, 0.5) is 0 Å². The first-order valence-corrected chi connectivity index (χ1v) is 13.7. The van der Waals surface area contributed by atoms with Crippen molar-refractivity contribution in [1.82, 2.24) is 0 Å². The van der Waals surface area contributed by atoms with Gasteiger partial charge in [-0.1, -0.05) is 69.3 Å². The van der Waals surface area contributed by atoms with Crippen molar-refractivity contribution in [3.05, 3.63) is 113 Å². The van der Waals surface area contributed by atoms with Crippen LogP contribution in [0, 0.1) is 29.6 Å². The van der Waals surface area contributed by atoms with Gasteiger partial charge in [0.25, 0.3) is 0 Å². The van der Waals surface area contributed by atoms with Gasteiger partial charge in [-0.3, -0.25) is 0 Å². The normalized spacial score (nSPS) is 11.5. The molecule has 0 aliphatic rings. The molecule has 0 bridgehead atoms. The van der Waals surface area contributed by atoms with Crippen LogP contribution in [0.1, 0.15) is 43.0 Å². The maximum atomic E-state index is 10.2. The lowest BCUT2D eigenvalue weighted by molar-refractivity contribution is -0.660. The number of hydrogen-bond acceptors (Lipinski definition) is 3. The lowest BCUT2D eigenvalue weighted by atomic mass is 9.85. The molecule has 0 saturated carbocycles. The molecule has 0 N–H and O–H groups in total. The third-order valence-corrected chi connectivity index (χ3v) is 7.94. The van der Waals surface area contributed by atoms with Crippen LogP contribution in [-0.2, 0) is 12.5 Å². The van der Waals surface area contributed by atoms with E-state index >= 15 is 0 Å². The van der Waals surface area contributed by atoms with Gasteiger partial charge in [0.1, 0.15) is 18.2 Å². The molecule has 2 heterocycles. The topological polar surface area (TPSA) is 64.6 Å². The lowest BCUT2D eigenvalue weighted by Crippen LogP contribution is -2.30. The van der Waals surface area contributed by atoms with Crippen molar-refractivity contribution in [1.29, 1.82) is 10.5 Å². The van der Waals surface area contributed by atoms with Crippen LogP contribution in [0.25, 0.3) is 55.4 Å². The molecule has 0 saturated heterocycles. The summed E-state index contributed by atoms with van der Waals surface area (Å²) < 4.78 is 8.77. The van der Waals surface area contributed by atoms with Crippen molar-refractivity contribution in [3.63, 3.8) is 0 Å². The Morgan fingerprint density at radius 2 is 1.37 bits per heavy atom. The van der Waals surface area contributed by atoms with Crippen molar-refractivity contribution in [2.45, 2.75) is 33.1 Å². The highest BCUT2D eigenvalue weighted by molar-refractivity contribution is 6.14. The molecule has 6 aromatic rings. The molecule has 198 valence electrons. The van der Waals surface area contributed by atoms with Crippen molar-refractivity contribution < 1.29 is 8.98 Å². The Bertz CT molecular complexity index is 2060. The second-order valence-electron chi connectivity index (χ2n) is 11.6. The van der Waals surface area contributed by atoms with Gasteiger partial charge in [-0.15, -0.1) is 0 Å². The molecule has 6 rings (SSSR count). The molecular formula is C37H30N3O+. The Labute approximate surface area is 240 Å². The molecule has 0 aliphatic carbocycles. The maximum absolute atomic E-state index is 10.2. The van der Waals surface area contributed by atoms with Gasteiger partial charge >= 0.3 is 0 Å². The van der Waals surface area contributed by atoms with E-state index in [1.165, 1.54) is 5.56 Å². The maximum Gasteiger partial charge on any atom is 0.216 e. The quantitative estimate of drug-likeness (QED) is 0.214. The van der Waals surface area contributed by atoms with E-state index in [4.69, 9.17) is 4.42 Å². The monoisotopic (exact) mass is 532 g/mol. The van der Waals surface area contributed by atoms with Crippen molar-refractivity contribution >= 4 is 21.9 Å². The van der Waals surface area contributed by atoms with E-state index < -0.39 is 0 Å². The van der Waals surface area contributed by atoms with Gasteiger partial charge < -0.3 is 4.42 Å². The van der Waals surface area contributed by atoms with Gasteiger partial charge in [-0.05, 0) is 64.4 Å². The van der Waals surface area contributed by atoms with Crippen LogP contribution in [0.15, 0.2) is 95.5 Å². The second kappa shape index (κ2) is 9.77. The predicted octanol–water partition coefficient (Wildman–Crippen LogP) is 8.76. The minimum absolute atomic E-state index is 0.0513. The Hall–Kier alpha value is -5.19. The van der Waals surface area contributed by atoms with Crippen LogP contribution in [0.2, 0.25) is 0 Å². The summed E-state index contributed by atoms with van der Waals surface area (Å²) in [5, 5.41) is 22.2. The highest BCUT2D eigenvalue weighted by Gasteiger charge is 2.23. The van der Waals surface area contributed by atoms with Crippen LogP contribution in [0.3, 0.4) is 0 Å². The zero-order valence-corrected chi connectivity index (χ0v) is 23.9. The van der Waals surface area contributed by atoms with Crippen LogP contribution in [0.5, 0.6) is 0 Å². The number of rotatable bonds is 3. The summed E-state index contributed by atoms with van der Waals surface area (Å²) in [7, 11) is 2.02. The van der Waals surface area contributed by atoms with E-state index in [9.17, 15) is 10.5 Å². The fourth-order valence-corrected chi connectivity index (χ4v) is 5.68. The Morgan fingerprint density at radius 3 is 2.02 bits per heavy atom. The van der Waals surface area contributed by atoms with Gasteiger partial charge in [0.05, 0.1) is 28.8 Å². The minimum atomic E-state index is 0.0513. The van der Waals surface area contributed by atoms with Gasteiger partial charge in [0.15, 0.2) is 6.20 Å². The van der Waals surface area contributed by atoms with E-state index in [-0.39, 0.29) is 5.41 Å². The first kappa shape index (κ1) is 26.1. The molecule has 0 unspecified atom stereocenters. The third kappa shape index (κ3) is 4.35. The molecule has 4 heteroatoms. The molecule has 0 atom stereocenters. The average Bonchev–Trinajstić information content (AvgIpc) is 3.35. The highest BCUT2D eigenvalue weighted by atomic mass is 16.3. The number of aromatic nitrogens is 1. The van der Waals surface area contributed by atoms with Gasteiger partial charge in [0, 0.05) is 28.5 Å². The summed E-state index contributed by atoms with van der Waals surface area (Å²) in [6, 6.07) is 33.1. The Morgan fingerprint density at radius 1 is 0.707 bits per heavy atom. The second-order valence-corrected chi connectivity index (χ2v) is 11.6. The molecule has 4 aromatic carbocycles. The smallest absolute Gasteiger partial charge is 0.216 e. The van der Waals surface area contributed by atoms with Crippen LogP contribution >= 0.6 is 0 Å². The number of furan rings is 1. The van der Waals surface area contributed by atoms with Gasteiger partial charge in [-0.2, -0.15) is 10.5 Å². The zero-order valence-electron chi connectivity index (χ0n) is 23.9. The summed E-state index contributed by atoms with van der Waals surface area (Å²) in [5.74, 6) is 0. The standard InChI is InChI=1S/C37H30N3O/c1-23-9-16-30-31-18-13-26(21-38)34(36(31)41-35(30)33(23)32-8-6-7-19-40(32)5)25-12-17-29(27(20-25)22-39)24-10-14-28(15-11-24)37(2,3)4/h6-20H,1-5H3/q+1. The summed E-state index contributed by atoms with van der Waals surface area (Å²) >= 11 is 0. The van der Waals surface area contributed by atoms with Gasteiger partial charge in [0.2, 0.25) is 5.69 Å². The number of nitriles is 2. The number of pyridine rings is 1. The number of fused-ring (bicyclic) bond motifs is 3. The van der Waals surface area contributed by atoms with E-state index in [0.29, 0.717) is 22.3 Å². The molecule has 2 aromatic heterocycles. The molecule has 4 nitrogen and oxygen atoms in total. The minimum Gasteiger partial charge on any atom is -0.454 e. The lowest BCUT2D eigenvalue weighted by Gasteiger charge is -2.19. The van der Waals surface area contributed by atoms with Crippen molar-refractivity contribution in [2.24, 2.45) is 7.05 Å². The predicted molar refractivity (Wildman–Crippen MR) is 164 cm³/mol. The Balaban J connectivity index is 1.57. The third-order valence-electron chi connectivity index (χ3n) is 7.94. The molecular weight excluding hydrogens is 502 g/mol. The fourth-order valence-electron chi connectivity index (χ4n) is 5.68. The zero-order chi connectivity index (χ0) is 28.9. The first-order valence-electron chi connectivity index (χ1n) is 13.7. The van der Waals surface area contributed by atoms with E-state index in [0.717, 1.165) is 49.9 Å². The first-order chi connectivity index (χ1) is 19.7. The summed E-state index contributed by atoms with van der Waals surface area (Å²) in [4.78, 5) is 0. The molecule has 0 aliphatic heterocycles. The molecule has 0 amide bonds. The highest BCUT2D eigenvalue weighted by Crippen LogP contribution is 2.42. The number of aryl methyl sites for hydroxylation is 2. The Kier molecular flexibility index (Phi) is 6.21. The SMILES string of the molecule is Cc1ccc2c(oc3c(-c4ccc(-c5ccc(C(C)(C)C)cc5)c(C#N)c4)c(C#N)ccc32)c1-c1cccc[n+]1C. The van der Waals surface area contributed by atoms with Crippen LogP contribution in [-0.4, -0.2) is 0 Å². The summed E-state index contributed by atoms with van der Waals surface area (Å²) in [6.45, 7) is 8.65. The number of benzene rings is 4. The molecule has 0 fully saturated rings. The molecule has 0 radical (unpaired) electrons. The van der Waals surface area contributed by atoms with Crippen LogP contribution < -0.4 is 4.57 Å².